The van der Waals surface area contributed by atoms with Crippen LogP contribution in [-0.2, 0) is 19.2 Å². The van der Waals surface area contributed by atoms with Crippen molar-refractivity contribution in [2.24, 2.45) is 23.5 Å². The maximum atomic E-state index is 13.0. The summed E-state index contributed by atoms with van der Waals surface area (Å²) >= 11 is 1.52. The number of hydrogen-bond acceptors (Lipinski definition) is 8. The highest BCUT2D eigenvalue weighted by atomic mass is 32.2. The maximum Gasteiger partial charge on any atom is 0.353 e. The van der Waals surface area contributed by atoms with E-state index in [0.717, 1.165) is 25.7 Å². The Morgan fingerprint density at radius 2 is 2.03 bits per heavy atom. The zero-order chi connectivity index (χ0) is 26.1. The number of carboxylic acid groups (broad SMARTS) is 1. The van der Waals surface area contributed by atoms with Crippen LogP contribution in [0, 0.1) is 17.8 Å². The minimum atomic E-state index is -1.10. The van der Waals surface area contributed by atoms with E-state index in [2.05, 4.69) is 21.3 Å². The van der Waals surface area contributed by atoms with Crippen molar-refractivity contribution in [3.8, 4) is 0 Å². The Morgan fingerprint density at radius 3 is 2.67 bits per heavy atom. The first-order valence-corrected chi connectivity index (χ1v) is 13.7. The molecule has 0 aromatic heterocycles. The van der Waals surface area contributed by atoms with E-state index in [1.807, 2.05) is 6.92 Å². The molecule has 7 N–H and O–H groups in total. The number of carbonyl (C=O) groups is 4. The summed E-state index contributed by atoms with van der Waals surface area (Å²) in [5.41, 5.74) is 6.00. The minimum Gasteiger partial charge on any atom is -0.477 e. The van der Waals surface area contributed by atoms with Gasteiger partial charge in [-0.25, -0.2) is 4.79 Å². The Morgan fingerprint density at radius 1 is 1.28 bits per heavy atom. The number of nitrogens with one attached hydrogen (secondary N) is 4. The second kappa shape index (κ2) is 11.1. The average Bonchev–Trinajstić information content (AvgIpc) is 3.50. The molecule has 3 amide bonds. The lowest BCUT2D eigenvalue weighted by atomic mass is 9.78. The summed E-state index contributed by atoms with van der Waals surface area (Å²) < 4.78 is 0. The summed E-state index contributed by atoms with van der Waals surface area (Å²) in [5.74, 6) is -2.10. The molecule has 36 heavy (non-hydrogen) atoms. The van der Waals surface area contributed by atoms with Crippen molar-refractivity contribution in [1.29, 1.82) is 0 Å². The van der Waals surface area contributed by atoms with Gasteiger partial charge in [0.2, 0.25) is 17.7 Å². The van der Waals surface area contributed by atoms with Crippen LogP contribution >= 0.6 is 11.8 Å². The zero-order valence-corrected chi connectivity index (χ0v) is 21.9. The van der Waals surface area contributed by atoms with Crippen molar-refractivity contribution in [3.63, 3.8) is 0 Å². The lowest BCUT2D eigenvalue weighted by molar-refractivity contribution is -0.158. The van der Waals surface area contributed by atoms with Gasteiger partial charge in [0.25, 0.3) is 0 Å². The number of fused-ring (bicyclic) bond motifs is 1. The Balaban J connectivity index is 1.35. The van der Waals surface area contributed by atoms with Crippen molar-refractivity contribution in [2.75, 3.05) is 26.7 Å². The van der Waals surface area contributed by atoms with Crippen molar-refractivity contribution in [3.05, 3.63) is 10.6 Å². The molecule has 8 atom stereocenters. The van der Waals surface area contributed by atoms with E-state index in [-0.39, 0.29) is 65.2 Å². The molecule has 12 heteroatoms. The van der Waals surface area contributed by atoms with Gasteiger partial charge >= 0.3 is 5.97 Å². The topological polar surface area (TPSA) is 166 Å². The van der Waals surface area contributed by atoms with Crippen molar-refractivity contribution in [1.82, 2.24) is 26.2 Å². The molecule has 0 aromatic rings. The van der Waals surface area contributed by atoms with Crippen LogP contribution in [0.15, 0.2) is 10.6 Å². The molecule has 11 nitrogen and oxygen atoms in total. The summed E-state index contributed by atoms with van der Waals surface area (Å²) in [6, 6.07) is -0.447. The van der Waals surface area contributed by atoms with Gasteiger partial charge in [-0.1, -0.05) is 6.92 Å². The lowest BCUT2D eigenvalue weighted by Crippen LogP contribution is -2.66. The SMILES string of the molecule is CNCC(=O)N[C@H](C)[C@H]1C(=O)N2C(C(=O)O)=C(S[C@@H]3CN[C@H](CNC(=O)[C@@H]4CCC(N)C4)C3)[C@H](C)[C@H]12. The smallest absolute Gasteiger partial charge is 0.353 e. The van der Waals surface area contributed by atoms with Gasteiger partial charge in [0.15, 0.2) is 0 Å². The number of rotatable bonds is 10. The molecule has 4 rings (SSSR count). The van der Waals surface area contributed by atoms with Crippen LogP contribution < -0.4 is 27.0 Å². The molecule has 2 saturated heterocycles. The van der Waals surface area contributed by atoms with Gasteiger partial charge < -0.3 is 37.0 Å². The quantitative estimate of drug-likeness (QED) is 0.201. The zero-order valence-electron chi connectivity index (χ0n) is 21.1. The third kappa shape index (κ3) is 5.27. The van der Waals surface area contributed by atoms with Gasteiger partial charge in [0.05, 0.1) is 18.5 Å². The average molecular weight is 523 g/mol. The fraction of sp³-hybridized carbons (Fsp3) is 0.750. The number of aliphatic carboxylic acids is 1. The maximum absolute atomic E-state index is 13.0. The molecule has 0 aromatic carbocycles. The molecular formula is C24H38N6O5S. The highest BCUT2D eigenvalue weighted by molar-refractivity contribution is 8.03. The van der Waals surface area contributed by atoms with Gasteiger partial charge in [-0.2, -0.15) is 0 Å². The summed E-state index contributed by atoms with van der Waals surface area (Å²) in [6.45, 7) is 5.14. The van der Waals surface area contributed by atoms with Crippen molar-refractivity contribution < 1.29 is 24.3 Å². The summed E-state index contributed by atoms with van der Waals surface area (Å²) in [6.07, 6.45) is 3.25. The molecule has 0 spiro atoms. The number of amides is 3. The monoisotopic (exact) mass is 522 g/mol. The van der Waals surface area contributed by atoms with Crippen LogP contribution in [-0.4, -0.2) is 89.8 Å². The van der Waals surface area contributed by atoms with E-state index in [4.69, 9.17) is 5.73 Å². The molecule has 4 aliphatic rings. The fourth-order valence-electron chi connectivity index (χ4n) is 6.08. The standard InChI is InChI=1S/C24H38N6O5S/c1-11-19-18(12(2)29-17(31)10-26-3)23(33)30(19)20(24(34)35)21(11)36-16-7-15(27-9-16)8-28-22(32)13-4-5-14(25)6-13/h11-16,18-19,26-27H,4-10,25H2,1-3H3,(H,28,32)(H,29,31)(H,34,35)/t11-,12-,13-,14?,15+,16+,18-,19-/m1/s1. The van der Waals surface area contributed by atoms with Crippen LogP contribution in [0.25, 0.3) is 0 Å². The van der Waals surface area contributed by atoms with Gasteiger partial charge in [-0.15, -0.1) is 11.8 Å². The number of carbonyl (C=O) groups excluding carboxylic acids is 3. The van der Waals surface area contributed by atoms with Gasteiger partial charge in [-0.3, -0.25) is 14.4 Å². The molecule has 1 aliphatic carbocycles. The van der Waals surface area contributed by atoms with Crippen molar-refractivity contribution >= 4 is 35.5 Å². The van der Waals surface area contributed by atoms with Crippen LogP contribution in [0.4, 0.5) is 0 Å². The lowest BCUT2D eigenvalue weighted by Gasteiger charge is -2.47. The third-order valence-corrected chi connectivity index (χ3v) is 9.41. The van der Waals surface area contributed by atoms with Crippen LogP contribution in [0.3, 0.4) is 0 Å². The molecule has 0 radical (unpaired) electrons. The number of thioether (sulfide) groups is 1. The van der Waals surface area contributed by atoms with E-state index < -0.39 is 17.9 Å². The predicted molar refractivity (Wildman–Crippen MR) is 136 cm³/mol. The summed E-state index contributed by atoms with van der Waals surface area (Å²) in [5, 5.41) is 22.2. The Labute approximate surface area is 215 Å². The molecule has 1 saturated carbocycles. The second-order valence-corrected chi connectivity index (χ2v) is 11.9. The van der Waals surface area contributed by atoms with Gasteiger partial charge in [0.1, 0.15) is 5.70 Å². The predicted octanol–water partition coefficient (Wildman–Crippen LogP) is -0.809. The number of nitrogens with zero attached hydrogens (tertiary/aromatic N) is 1. The molecule has 3 heterocycles. The largest absolute Gasteiger partial charge is 0.477 e. The Bertz CT molecular complexity index is 944. The number of hydrogen-bond donors (Lipinski definition) is 6. The number of nitrogens with two attached hydrogens (primary N) is 1. The molecule has 3 fully saturated rings. The fourth-order valence-corrected chi connectivity index (χ4v) is 7.60. The number of β-lactam (4-membered cyclic amide) rings is 1. The van der Waals surface area contributed by atoms with E-state index in [1.165, 1.54) is 16.7 Å². The summed E-state index contributed by atoms with van der Waals surface area (Å²) in [4.78, 5) is 51.7. The second-order valence-electron chi connectivity index (χ2n) is 10.5. The first kappa shape index (κ1) is 26.9. The summed E-state index contributed by atoms with van der Waals surface area (Å²) in [7, 11) is 1.67. The first-order chi connectivity index (χ1) is 17.1. The van der Waals surface area contributed by atoms with E-state index in [0.29, 0.717) is 18.0 Å². The first-order valence-electron chi connectivity index (χ1n) is 12.8. The third-order valence-electron chi connectivity index (χ3n) is 7.90. The van der Waals surface area contributed by atoms with Crippen molar-refractivity contribution in [2.45, 2.75) is 68.9 Å². The Kier molecular flexibility index (Phi) is 8.28. The normalized spacial score (nSPS) is 34.4. The van der Waals surface area contributed by atoms with E-state index >= 15 is 0 Å². The van der Waals surface area contributed by atoms with Gasteiger partial charge in [0, 0.05) is 53.2 Å². The number of carboxylic acids is 1. The molecular weight excluding hydrogens is 484 g/mol. The molecule has 200 valence electrons. The molecule has 1 unspecified atom stereocenters. The minimum absolute atomic E-state index is 0.00499. The number of likely N-dealkylation sites (N-methyl/N-ethyl adjacent to an activating group) is 1. The van der Waals surface area contributed by atoms with E-state index in [1.54, 1.807) is 14.0 Å². The van der Waals surface area contributed by atoms with Crippen LogP contribution in [0.1, 0.15) is 39.5 Å². The molecule has 0 bridgehead atoms. The highest BCUT2D eigenvalue weighted by Crippen LogP contribution is 2.51. The highest BCUT2D eigenvalue weighted by Gasteiger charge is 2.60. The molecule has 3 aliphatic heterocycles. The van der Waals surface area contributed by atoms with Gasteiger partial charge in [-0.05, 0) is 39.7 Å². The Hall–Kier alpha value is -2.15. The van der Waals surface area contributed by atoms with E-state index in [9.17, 15) is 24.3 Å². The van der Waals surface area contributed by atoms with Crippen LogP contribution in [0.5, 0.6) is 0 Å². The van der Waals surface area contributed by atoms with Crippen LogP contribution in [0.2, 0.25) is 0 Å².